The fourth-order valence-corrected chi connectivity index (χ4v) is 4.08. The average Bonchev–Trinajstić information content (AvgIpc) is 2.75. The largest absolute Gasteiger partial charge is 0.493 e. The van der Waals surface area contributed by atoms with Gasteiger partial charge >= 0.3 is 0 Å². The molecule has 0 aliphatic rings. The maximum absolute atomic E-state index is 12.7. The zero-order chi connectivity index (χ0) is 22.4. The van der Waals surface area contributed by atoms with Gasteiger partial charge in [0.15, 0.2) is 11.5 Å². The van der Waals surface area contributed by atoms with E-state index < -0.39 is 10.0 Å². The Balaban J connectivity index is 1.71. The number of benzene rings is 3. The molecule has 1 amide bonds. The van der Waals surface area contributed by atoms with Crippen molar-refractivity contribution in [1.82, 2.24) is 0 Å². The molecule has 7 nitrogen and oxygen atoms in total. The molecule has 0 heterocycles. The Labute approximate surface area is 186 Å². The standard InChI is InChI=1S/C22H21ClN2O5S/c1-29-20-11-6-15(12-21(20)30-2)13-22(26)24-18-4-3-5-19(14-18)31(27,28)25-17-9-7-16(23)8-10-17/h3-12,14,25H,13H2,1-2H3,(H,24,26). The topological polar surface area (TPSA) is 93.7 Å². The molecule has 0 bridgehead atoms. The predicted molar refractivity (Wildman–Crippen MR) is 121 cm³/mol. The monoisotopic (exact) mass is 460 g/mol. The summed E-state index contributed by atoms with van der Waals surface area (Å²) in [6.07, 6.45) is 0.0837. The van der Waals surface area contributed by atoms with Gasteiger partial charge in [-0.3, -0.25) is 9.52 Å². The Morgan fingerprint density at radius 3 is 2.29 bits per heavy atom. The molecule has 0 aliphatic heterocycles. The number of ether oxygens (including phenoxy) is 2. The summed E-state index contributed by atoms with van der Waals surface area (Å²) in [5, 5.41) is 3.22. The minimum atomic E-state index is -3.83. The van der Waals surface area contributed by atoms with Crippen LogP contribution in [0.25, 0.3) is 0 Å². The molecule has 3 aromatic rings. The van der Waals surface area contributed by atoms with Crippen LogP contribution in [0.1, 0.15) is 5.56 Å². The maximum atomic E-state index is 12.7. The molecule has 0 fully saturated rings. The van der Waals surface area contributed by atoms with Gasteiger partial charge in [0.25, 0.3) is 10.0 Å². The van der Waals surface area contributed by atoms with E-state index in [0.29, 0.717) is 27.9 Å². The van der Waals surface area contributed by atoms with E-state index in [-0.39, 0.29) is 17.2 Å². The van der Waals surface area contributed by atoms with Gasteiger partial charge in [0.05, 0.1) is 25.5 Å². The average molecular weight is 461 g/mol. The van der Waals surface area contributed by atoms with E-state index in [1.54, 1.807) is 54.6 Å². The zero-order valence-corrected chi connectivity index (χ0v) is 18.5. The lowest BCUT2D eigenvalue weighted by Crippen LogP contribution is -2.16. The van der Waals surface area contributed by atoms with Gasteiger partial charge in [0.2, 0.25) is 5.91 Å². The summed E-state index contributed by atoms with van der Waals surface area (Å²) in [4.78, 5) is 12.5. The van der Waals surface area contributed by atoms with Crippen molar-refractivity contribution in [1.29, 1.82) is 0 Å². The van der Waals surface area contributed by atoms with Crippen LogP contribution in [-0.2, 0) is 21.2 Å². The van der Waals surface area contributed by atoms with Crippen molar-refractivity contribution >= 4 is 38.9 Å². The first-order valence-electron chi connectivity index (χ1n) is 9.20. The Morgan fingerprint density at radius 1 is 0.903 bits per heavy atom. The molecule has 0 saturated heterocycles. The molecule has 0 aromatic heterocycles. The summed E-state index contributed by atoms with van der Waals surface area (Å²) in [6, 6.07) is 17.5. The number of rotatable bonds is 8. The molecule has 162 valence electrons. The Bertz CT molecular complexity index is 1180. The second-order valence-electron chi connectivity index (χ2n) is 6.55. The number of hydrogen-bond donors (Lipinski definition) is 2. The Kier molecular flexibility index (Phi) is 7.04. The van der Waals surface area contributed by atoms with Crippen molar-refractivity contribution in [3.05, 3.63) is 77.3 Å². The molecule has 0 spiro atoms. The molecular weight excluding hydrogens is 440 g/mol. The quantitative estimate of drug-likeness (QED) is 0.521. The molecule has 0 unspecified atom stereocenters. The predicted octanol–water partition coefficient (Wildman–Crippen LogP) is 4.34. The number of carbonyl (C=O) groups excluding carboxylic acids is 1. The third kappa shape index (κ3) is 5.90. The fraction of sp³-hybridized carbons (Fsp3) is 0.136. The third-order valence-corrected chi connectivity index (χ3v) is 5.97. The number of anilines is 2. The highest BCUT2D eigenvalue weighted by Gasteiger charge is 2.16. The van der Waals surface area contributed by atoms with Crippen LogP contribution < -0.4 is 19.5 Å². The van der Waals surface area contributed by atoms with E-state index in [9.17, 15) is 13.2 Å². The number of amides is 1. The molecule has 0 atom stereocenters. The second kappa shape index (κ2) is 9.72. The first-order chi connectivity index (χ1) is 14.8. The Morgan fingerprint density at radius 2 is 1.61 bits per heavy atom. The maximum Gasteiger partial charge on any atom is 0.261 e. The lowest BCUT2D eigenvalue weighted by molar-refractivity contribution is -0.115. The molecule has 0 saturated carbocycles. The van der Waals surface area contributed by atoms with Crippen molar-refractivity contribution in [3.63, 3.8) is 0 Å². The van der Waals surface area contributed by atoms with Crippen LogP contribution in [0.15, 0.2) is 71.6 Å². The number of nitrogens with one attached hydrogen (secondary N) is 2. The van der Waals surface area contributed by atoms with E-state index in [4.69, 9.17) is 21.1 Å². The third-order valence-electron chi connectivity index (χ3n) is 4.34. The highest BCUT2D eigenvalue weighted by molar-refractivity contribution is 7.92. The SMILES string of the molecule is COc1ccc(CC(=O)Nc2cccc(S(=O)(=O)Nc3ccc(Cl)cc3)c2)cc1OC. The molecule has 0 aliphatic carbocycles. The van der Waals surface area contributed by atoms with Crippen LogP contribution in [-0.4, -0.2) is 28.5 Å². The van der Waals surface area contributed by atoms with Gasteiger partial charge in [-0.2, -0.15) is 0 Å². The molecular formula is C22H21ClN2O5S. The number of halogens is 1. The van der Waals surface area contributed by atoms with Crippen molar-refractivity contribution in [2.45, 2.75) is 11.3 Å². The number of carbonyl (C=O) groups is 1. The number of hydrogen-bond acceptors (Lipinski definition) is 5. The fourth-order valence-electron chi connectivity index (χ4n) is 2.85. The lowest BCUT2D eigenvalue weighted by Gasteiger charge is -2.11. The van der Waals surface area contributed by atoms with E-state index in [1.165, 1.54) is 26.4 Å². The highest BCUT2D eigenvalue weighted by Crippen LogP contribution is 2.28. The first-order valence-corrected chi connectivity index (χ1v) is 11.1. The summed E-state index contributed by atoms with van der Waals surface area (Å²) in [5.41, 5.74) is 1.47. The van der Waals surface area contributed by atoms with Gasteiger partial charge < -0.3 is 14.8 Å². The van der Waals surface area contributed by atoms with E-state index >= 15 is 0 Å². The molecule has 3 aromatic carbocycles. The van der Waals surface area contributed by atoms with Crippen LogP contribution in [0.4, 0.5) is 11.4 Å². The summed E-state index contributed by atoms with van der Waals surface area (Å²) in [6.45, 7) is 0. The van der Waals surface area contributed by atoms with Crippen molar-refractivity contribution in [2.24, 2.45) is 0 Å². The number of methoxy groups -OCH3 is 2. The van der Waals surface area contributed by atoms with Crippen molar-refractivity contribution in [2.75, 3.05) is 24.3 Å². The Hall–Kier alpha value is -3.23. The molecule has 2 N–H and O–H groups in total. The summed E-state index contributed by atoms with van der Waals surface area (Å²) in [5.74, 6) is 0.791. The summed E-state index contributed by atoms with van der Waals surface area (Å²) in [7, 11) is -0.781. The van der Waals surface area contributed by atoms with Crippen LogP contribution in [0.5, 0.6) is 11.5 Å². The van der Waals surface area contributed by atoms with Crippen molar-refractivity contribution < 1.29 is 22.7 Å². The molecule has 0 radical (unpaired) electrons. The smallest absolute Gasteiger partial charge is 0.261 e. The van der Waals surface area contributed by atoms with E-state index in [0.717, 1.165) is 5.56 Å². The van der Waals surface area contributed by atoms with Crippen molar-refractivity contribution in [3.8, 4) is 11.5 Å². The van der Waals surface area contributed by atoms with Crippen LogP contribution in [0, 0.1) is 0 Å². The summed E-state index contributed by atoms with van der Waals surface area (Å²) >= 11 is 5.83. The molecule has 9 heteroatoms. The first kappa shape index (κ1) is 22.5. The number of sulfonamides is 1. The van der Waals surface area contributed by atoms with Crippen LogP contribution in [0.2, 0.25) is 5.02 Å². The van der Waals surface area contributed by atoms with Gasteiger partial charge in [-0.1, -0.05) is 23.7 Å². The van der Waals surface area contributed by atoms with Gasteiger partial charge in [-0.05, 0) is 60.2 Å². The highest BCUT2D eigenvalue weighted by atomic mass is 35.5. The summed E-state index contributed by atoms with van der Waals surface area (Å²) < 4.78 is 38.2. The normalized spacial score (nSPS) is 10.9. The van der Waals surface area contributed by atoms with Gasteiger partial charge in [0.1, 0.15) is 0 Å². The van der Waals surface area contributed by atoms with Gasteiger partial charge in [-0.15, -0.1) is 0 Å². The molecule has 31 heavy (non-hydrogen) atoms. The zero-order valence-electron chi connectivity index (χ0n) is 16.9. The van der Waals surface area contributed by atoms with Crippen LogP contribution in [0.3, 0.4) is 0 Å². The lowest BCUT2D eigenvalue weighted by atomic mass is 10.1. The molecule has 3 rings (SSSR count). The van der Waals surface area contributed by atoms with Crippen LogP contribution >= 0.6 is 11.6 Å². The minimum Gasteiger partial charge on any atom is -0.493 e. The van der Waals surface area contributed by atoms with Gasteiger partial charge in [-0.25, -0.2) is 8.42 Å². The van der Waals surface area contributed by atoms with E-state index in [1.807, 2.05) is 0 Å². The minimum absolute atomic E-state index is 0.0198. The van der Waals surface area contributed by atoms with Gasteiger partial charge in [0, 0.05) is 16.4 Å². The van der Waals surface area contributed by atoms with E-state index in [2.05, 4.69) is 10.0 Å². The second-order valence-corrected chi connectivity index (χ2v) is 8.67.